The fourth-order valence-corrected chi connectivity index (χ4v) is 6.52. The molecule has 2 aliphatic rings. The normalized spacial score (nSPS) is 17.8. The maximum Gasteiger partial charge on any atom is 0.253 e. The monoisotopic (exact) mass is 414 g/mol. The number of anilines is 1. The number of thioether (sulfide) groups is 2. The van der Waals surface area contributed by atoms with Crippen molar-refractivity contribution in [2.24, 2.45) is 0 Å². The van der Waals surface area contributed by atoms with Gasteiger partial charge in [0, 0.05) is 43.2 Å². The number of rotatable bonds is 5. The lowest BCUT2D eigenvalue weighted by Gasteiger charge is -2.36. The molecule has 2 aliphatic heterocycles. The number of para-hydroxylation sites is 2. The largest absolute Gasteiger partial charge is 0.492 e. The summed E-state index contributed by atoms with van der Waals surface area (Å²) in [7, 11) is 0. The zero-order valence-electron chi connectivity index (χ0n) is 16.2. The van der Waals surface area contributed by atoms with Crippen molar-refractivity contribution in [2.75, 3.05) is 49.2 Å². The van der Waals surface area contributed by atoms with E-state index < -0.39 is 0 Å². The van der Waals surface area contributed by atoms with E-state index in [4.69, 9.17) is 4.74 Å². The Balaban J connectivity index is 1.37. The van der Waals surface area contributed by atoms with Crippen molar-refractivity contribution in [3.8, 4) is 5.75 Å². The number of benzene rings is 2. The van der Waals surface area contributed by atoms with Crippen molar-refractivity contribution in [3.63, 3.8) is 0 Å². The van der Waals surface area contributed by atoms with Crippen molar-refractivity contribution in [1.82, 2.24) is 4.90 Å². The van der Waals surface area contributed by atoms with Gasteiger partial charge in [-0.3, -0.25) is 4.79 Å². The van der Waals surface area contributed by atoms with Gasteiger partial charge < -0.3 is 14.5 Å². The van der Waals surface area contributed by atoms with Crippen LogP contribution in [0.4, 0.5) is 5.69 Å². The molecule has 0 radical (unpaired) electrons. The molecule has 2 fully saturated rings. The lowest BCUT2D eigenvalue weighted by Crippen LogP contribution is -2.48. The predicted molar refractivity (Wildman–Crippen MR) is 120 cm³/mol. The van der Waals surface area contributed by atoms with E-state index in [0.717, 1.165) is 43.2 Å². The average molecular weight is 415 g/mol. The molecule has 0 spiro atoms. The van der Waals surface area contributed by atoms with E-state index >= 15 is 0 Å². The second-order valence-corrected chi connectivity index (χ2v) is 9.60. The molecule has 6 heteroatoms. The summed E-state index contributed by atoms with van der Waals surface area (Å²) in [6.07, 6.45) is 0. The minimum atomic E-state index is 0.135. The molecule has 0 aromatic heterocycles. The van der Waals surface area contributed by atoms with Crippen molar-refractivity contribution in [1.29, 1.82) is 0 Å². The number of carbonyl (C=O) groups excluding carboxylic acids is 1. The van der Waals surface area contributed by atoms with Crippen molar-refractivity contribution >= 4 is 35.1 Å². The highest BCUT2D eigenvalue weighted by Gasteiger charge is 2.24. The van der Waals surface area contributed by atoms with Gasteiger partial charge in [0.25, 0.3) is 5.91 Å². The van der Waals surface area contributed by atoms with E-state index in [1.165, 1.54) is 17.1 Å². The first kappa shape index (κ1) is 19.5. The summed E-state index contributed by atoms with van der Waals surface area (Å²) in [4.78, 5) is 17.2. The van der Waals surface area contributed by atoms with Gasteiger partial charge in [-0.2, -0.15) is 0 Å². The number of hydrogen-bond donors (Lipinski definition) is 0. The first-order valence-electron chi connectivity index (χ1n) is 9.85. The zero-order valence-corrected chi connectivity index (χ0v) is 17.8. The second kappa shape index (κ2) is 9.14. The van der Waals surface area contributed by atoms with Crippen LogP contribution in [0.5, 0.6) is 5.75 Å². The van der Waals surface area contributed by atoms with E-state index in [9.17, 15) is 4.79 Å². The number of amides is 1. The number of hydrogen-bond acceptors (Lipinski definition) is 5. The van der Waals surface area contributed by atoms with Crippen LogP contribution in [0.2, 0.25) is 0 Å². The molecule has 2 aromatic carbocycles. The molecule has 2 aromatic rings. The van der Waals surface area contributed by atoms with E-state index in [1.54, 1.807) is 0 Å². The van der Waals surface area contributed by atoms with Crippen LogP contribution < -0.4 is 9.64 Å². The highest BCUT2D eigenvalue weighted by Crippen LogP contribution is 2.45. The molecule has 0 bridgehead atoms. The van der Waals surface area contributed by atoms with Gasteiger partial charge in [0.2, 0.25) is 0 Å². The van der Waals surface area contributed by atoms with E-state index in [2.05, 4.69) is 23.1 Å². The maximum absolute atomic E-state index is 12.9. The number of piperazine rings is 1. The second-order valence-electron chi connectivity index (χ2n) is 6.88. The molecule has 0 atom stereocenters. The smallest absolute Gasteiger partial charge is 0.253 e. The summed E-state index contributed by atoms with van der Waals surface area (Å²) in [5, 5.41) is 0. The fraction of sp³-hybridized carbons (Fsp3) is 0.409. The zero-order chi connectivity index (χ0) is 19.3. The molecule has 28 heavy (non-hydrogen) atoms. The maximum atomic E-state index is 12.9. The summed E-state index contributed by atoms with van der Waals surface area (Å²) in [6, 6.07) is 16.4. The molecule has 2 saturated heterocycles. The van der Waals surface area contributed by atoms with Crippen LogP contribution in [0.25, 0.3) is 0 Å². The SMILES string of the molecule is CCOc1ccccc1N1CCN(C(=O)c2ccc(C3SCCS3)cc2)CC1. The Morgan fingerprint density at radius 2 is 1.68 bits per heavy atom. The molecule has 0 saturated carbocycles. The molecular formula is C22H26N2O2S2. The lowest BCUT2D eigenvalue weighted by molar-refractivity contribution is 0.0746. The molecule has 0 aliphatic carbocycles. The third-order valence-electron chi connectivity index (χ3n) is 5.12. The van der Waals surface area contributed by atoms with Gasteiger partial charge in [0.05, 0.1) is 16.9 Å². The van der Waals surface area contributed by atoms with Crippen LogP contribution in [0.15, 0.2) is 48.5 Å². The lowest BCUT2D eigenvalue weighted by atomic mass is 10.1. The minimum Gasteiger partial charge on any atom is -0.492 e. The molecule has 0 unspecified atom stereocenters. The van der Waals surface area contributed by atoms with Crippen LogP contribution >= 0.6 is 23.5 Å². The highest BCUT2D eigenvalue weighted by molar-refractivity contribution is 8.19. The molecule has 148 valence electrons. The Hall–Kier alpha value is -1.79. The highest BCUT2D eigenvalue weighted by atomic mass is 32.2. The molecular weight excluding hydrogens is 388 g/mol. The van der Waals surface area contributed by atoms with E-state index in [0.29, 0.717) is 11.2 Å². The first-order valence-corrected chi connectivity index (χ1v) is 11.9. The first-order chi connectivity index (χ1) is 13.8. The Morgan fingerprint density at radius 1 is 1.00 bits per heavy atom. The van der Waals surface area contributed by atoms with Crippen LogP contribution in [0.3, 0.4) is 0 Å². The Labute approximate surface area is 175 Å². The number of ether oxygens (including phenoxy) is 1. The number of carbonyl (C=O) groups is 1. The molecule has 1 amide bonds. The van der Waals surface area contributed by atoms with Gasteiger partial charge in [0.1, 0.15) is 5.75 Å². The van der Waals surface area contributed by atoms with Crippen LogP contribution in [0.1, 0.15) is 27.4 Å². The molecule has 4 nitrogen and oxygen atoms in total. The number of nitrogens with zero attached hydrogens (tertiary/aromatic N) is 2. The van der Waals surface area contributed by atoms with Crippen LogP contribution in [0, 0.1) is 0 Å². The Bertz CT molecular complexity index is 798. The summed E-state index contributed by atoms with van der Waals surface area (Å²) in [5.41, 5.74) is 3.23. The van der Waals surface area contributed by atoms with Gasteiger partial charge in [-0.15, -0.1) is 23.5 Å². The molecule has 0 N–H and O–H groups in total. The summed E-state index contributed by atoms with van der Waals surface area (Å²) >= 11 is 3.98. The van der Waals surface area contributed by atoms with Gasteiger partial charge >= 0.3 is 0 Å². The van der Waals surface area contributed by atoms with Gasteiger partial charge in [-0.25, -0.2) is 0 Å². The van der Waals surface area contributed by atoms with Crippen LogP contribution in [-0.4, -0.2) is 55.1 Å². The topological polar surface area (TPSA) is 32.8 Å². The van der Waals surface area contributed by atoms with Crippen LogP contribution in [-0.2, 0) is 0 Å². The van der Waals surface area contributed by atoms with Crippen molar-refractivity contribution < 1.29 is 9.53 Å². The quantitative estimate of drug-likeness (QED) is 0.718. The van der Waals surface area contributed by atoms with Gasteiger partial charge in [0.15, 0.2) is 0 Å². The Kier molecular flexibility index (Phi) is 6.37. The van der Waals surface area contributed by atoms with Gasteiger partial charge in [-0.05, 0) is 36.8 Å². The summed E-state index contributed by atoms with van der Waals surface area (Å²) < 4.78 is 6.29. The summed E-state index contributed by atoms with van der Waals surface area (Å²) in [6.45, 7) is 5.77. The third-order valence-corrected chi connectivity index (χ3v) is 8.23. The minimum absolute atomic E-state index is 0.135. The predicted octanol–water partition coefficient (Wildman–Crippen LogP) is 4.53. The van der Waals surface area contributed by atoms with Crippen molar-refractivity contribution in [3.05, 3.63) is 59.7 Å². The molecule has 4 rings (SSSR count). The standard InChI is InChI=1S/C22H26N2O2S2/c1-2-26-20-6-4-3-5-19(20)23-11-13-24(14-12-23)21(25)17-7-9-18(10-8-17)22-27-15-16-28-22/h3-10,22H,2,11-16H2,1H3. The van der Waals surface area contributed by atoms with Crippen molar-refractivity contribution in [2.45, 2.75) is 11.5 Å². The average Bonchev–Trinajstić information content (AvgIpc) is 3.29. The van der Waals surface area contributed by atoms with E-state index in [1.807, 2.05) is 65.7 Å². The fourth-order valence-electron chi connectivity index (χ4n) is 3.66. The Morgan fingerprint density at radius 3 is 2.36 bits per heavy atom. The summed E-state index contributed by atoms with van der Waals surface area (Å²) in [5.74, 6) is 3.48. The third kappa shape index (κ3) is 4.28. The van der Waals surface area contributed by atoms with E-state index in [-0.39, 0.29) is 5.91 Å². The van der Waals surface area contributed by atoms with Gasteiger partial charge in [-0.1, -0.05) is 24.3 Å². The molecule has 2 heterocycles.